The molecular formula is C11H16N2O2S. The van der Waals surface area contributed by atoms with E-state index in [0.717, 1.165) is 5.56 Å². The van der Waals surface area contributed by atoms with Crippen molar-refractivity contribution in [3.05, 3.63) is 29.8 Å². The summed E-state index contributed by atoms with van der Waals surface area (Å²) in [6, 6.07) is 7.10. The largest absolute Gasteiger partial charge is 0.399 e. The molecule has 5 heteroatoms. The summed E-state index contributed by atoms with van der Waals surface area (Å²) in [4.78, 5) is 2.04. The number of nitrogens with two attached hydrogens (primary N) is 1. The van der Waals surface area contributed by atoms with Crippen molar-refractivity contribution in [2.75, 3.05) is 31.6 Å². The van der Waals surface area contributed by atoms with Crippen LogP contribution in [0, 0.1) is 0 Å². The summed E-state index contributed by atoms with van der Waals surface area (Å²) in [5.74, 6) is 0.235. The van der Waals surface area contributed by atoms with E-state index in [-0.39, 0.29) is 5.75 Å². The number of likely N-dealkylation sites (N-methyl/N-ethyl adjacent to an activating group) is 1. The van der Waals surface area contributed by atoms with Crippen LogP contribution in [0.4, 0.5) is 5.69 Å². The van der Waals surface area contributed by atoms with E-state index in [1.807, 2.05) is 11.9 Å². The van der Waals surface area contributed by atoms with Gasteiger partial charge in [0.05, 0.1) is 11.0 Å². The van der Waals surface area contributed by atoms with Crippen molar-refractivity contribution in [1.82, 2.24) is 4.90 Å². The fraction of sp³-hybridized carbons (Fsp3) is 0.455. The zero-order chi connectivity index (χ0) is 11.8. The van der Waals surface area contributed by atoms with Gasteiger partial charge in [0.1, 0.15) is 0 Å². The molecule has 0 spiro atoms. The minimum absolute atomic E-state index is 0.235. The number of nitrogen functional groups attached to an aromatic ring is 1. The van der Waals surface area contributed by atoms with Crippen molar-refractivity contribution < 1.29 is 8.42 Å². The van der Waals surface area contributed by atoms with Crippen molar-refractivity contribution in [3.63, 3.8) is 0 Å². The van der Waals surface area contributed by atoms with E-state index >= 15 is 0 Å². The van der Waals surface area contributed by atoms with Crippen molar-refractivity contribution in [2.45, 2.75) is 5.25 Å². The van der Waals surface area contributed by atoms with E-state index in [4.69, 9.17) is 5.73 Å². The molecule has 1 aliphatic heterocycles. The standard InChI is InChI=1S/C11H16N2O2S/c1-13-6-7-16(14,15)11(8-13)9-2-4-10(12)5-3-9/h2-5,11H,6-8,12H2,1H3. The Balaban J connectivity index is 2.34. The van der Waals surface area contributed by atoms with Crippen LogP contribution in [0.25, 0.3) is 0 Å². The molecule has 1 saturated heterocycles. The average Bonchev–Trinajstić information content (AvgIpc) is 2.23. The summed E-state index contributed by atoms with van der Waals surface area (Å²) in [5, 5.41) is -0.410. The molecule has 0 amide bonds. The third-order valence-corrected chi connectivity index (χ3v) is 5.02. The van der Waals surface area contributed by atoms with Gasteiger partial charge in [-0.25, -0.2) is 8.42 Å². The van der Waals surface area contributed by atoms with E-state index in [1.165, 1.54) is 0 Å². The second-order valence-corrected chi connectivity index (χ2v) is 6.59. The number of sulfone groups is 1. The molecule has 1 aliphatic rings. The van der Waals surface area contributed by atoms with Crippen molar-refractivity contribution >= 4 is 15.5 Å². The first-order valence-corrected chi connectivity index (χ1v) is 6.96. The molecule has 4 nitrogen and oxygen atoms in total. The van der Waals surface area contributed by atoms with Crippen LogP contribution in [-0.2, 0) is 9.84 Å². The summed E-state index contributed by atoms with van der Waals surface area (Å²) in [5.41, 5.74) is 7.08. The molecule has 1 fully saturated rings. The van der Waals surface area contributed by atoms with E-state index < -0.39 is 15.1 Å². The van der Waals surface area contributed by atoms with Crippen LogP contribution in [0.1, 0.15) is 10.8 Å². The molecule has 0 aromatic heterocycles. The Morgan fingerprint density at radius 3 is 2.56 bits per heavy atom. The van der Waals surface area contributed by atoms with Gasteiger partial charge in [0, 0.05) is 18.8 Å². The number of anilines is 1. The van der Waals surface area contributed by atoms with Gasteiger partial charge >= 0.3 is 0 Å². The van der Waals surface area contributed by atoms with Crippen LogP contribution >= 0.6 is 0 Å². The molecule has 0 saturated carbocycles. The lowest BCUT2D eigenvalue weighted by atomic mass is 10.1. The zero-order valence-corrected chi connectivity index (χ0v) is 10.1. The fourth-order valence-electron chi connectivity index (χ4n) is 1.94. The van der Waals surface area contributed by atoms with Crippen LogP contribution in [0.2, 0.25) is 0 Å². The first kappa shape index (κ1) is 11.4. The third-order valence-electron chi connectivity index (χ3n) is 2.98. The first-order chi connectivity index (χ1) is 7.49. The Morgan fingerprint density at radius 1 is 1.31 bits per heavy atom. The maximum atomic E-state index is 12.0. The van der Waals surface area contributed by atoms with Crippen LogP contribution in [0.5, 0.6) is 0 Å². The number of nitrogens with zero attached hydrogens (tertiary/aromatic N) is 1. The highest BCUT2D eigenvalue weighted by Crippen LogP contribution is 2.27. The Morgan fingerprint density at radius 2 is 1.94 bits per heavy atom. The molecule has 0 aliphatic carbocycles. The Hall–Kier alpha value is -1.07. The van der Waals surface area contributed by atoms with Crippen LogP contribution < -0.4 is 5.73 Å². The lowest BCUT2D eigenvalue weighted by molar-refractivity contribution is 0.333. The topological polar surface area (TPSA) is 63.4 Å². The summed E-state index contributed by atoms with van der Waals surface area (Å²) in [6.07, 6.45) is 0. The minimum Gasteiger partial charge on any atom is -0.399 e. The Kier molecular flexibility index (Phi) is 2.90. The summed E-state index contributed by atoms with van der Waals surface area (Å²) < 4.78 is 23.9. The van der Waals surface area contributed by atoms with Gasteiger partial charge in [0.2, 0.25) is 0 Å². The highest BCUT2D eigenvalue weighted by Gasteiger charge is 2.32. The quantitative estimate of drug-likeness (QED) is 0.733. The van der Waals surface area contributed by atoms with Gasteiger partial charge in [-0.15, -0.1) is 0 Å². The molecule has 1 unspecified atom stereocenters. The molecule has 16 heavy (non-hydrogen) atoms. The van der Waals surface area contributed by atoms with E-state index in [2.05, 4.69) is 0 Å². The number of rotatable bonds is 1. The van der Waals surface area contributed by atoms with Crippen molar-refractivity contribution in [3.8, 4) is 0 Å². The van der Waals surface area contributed by atoms with Crippen molar-refractivity contribution in [1.29, 1.82) is 0 Å². The summed E-state index contributed by atoms with van der Waals surface area (Å²) in [6.45, 7) is 1.18. The van der Waals surface area contributed by atoms with Gasteiger partial charge in [-0.3, -0.25) is 0 Å². The smallest absolute Gasteiger partial charge is 0.159 e. The van der Waals surface area contributed by atoms with E-state index in [9.17, 15) is 8.42 Å². The van der Waals surface area contributed by atoms with E-state index in [1.54, 1.807) is 24.3 Å². The predicted octanol–water partition coefficient (Wildman–Crippen LogP) is 0.670. The van der Waals surface area contributed by atoms with Gasteiger partial charge < -0.3 is 10.6 Å². The lowest BCUT2D eigenvalue weighted by Crippen LogP contribution is -2.40. The molecule has 88 valence electrons. The molecule has 1 aromatic carbocycles. The predicted molar refractivity (Wildman–Crippen MR) is 64.9 cm³/mol. The minimum atomic E-state index is -3.00. The van der Waals surface area contributed by atoms with Gasteiger partial charge in [-0.2, -0.15) is 0 Å². The van der Waals surface area contributed by atoms with Gasteiger partial charge in [0.15, 0.2) is 9.84 Å². The Bertz CT molecular complexity index is 467. The molecule has 2 N–H and O–H groups in total. The third kappa shape index (κ3) is 2.20. The summed E-state index contributed by atoms with van der Waals surface area (Å²) >= 11 is 0. The first-order valence-electron chi connectivity index (χ1n) is 5.24. The van der Waals surface area contributed by atoms with E-state index in [0.29, 0.717) is 18.8 Å². The molecule has 1 heterocycles. The van der Waals surface area contributed by atoms with Gasteiger partial charge in [-0.05, 0) is 24.7 Å². The van der Waals surface area contributed by atoms with Gasteiger partial charge in [-0.1, -0.05) is 12.1 Å². The second-order valence-electron chi connectivity index (χ2n) is 4.28. The van der Waals surface area contributed by atoms with Crippen LogP contribution in [0.3, 0.4) is 0 Å². The maximum absolute atomic E-state index is 12.0. The molecule has 2 rings (SSSR count). The molecule has 1 aromatic rings. The van der Waals surface area contributed by atoms with Crippen molar-refractivity contribution in [2.24, 2.45) is 0 Å². The Labute approximate surface area is 96.0 Å². The normalized spacial score (nSPS) is 25.4. The molecule has 1 atom stereocenters. The van der Waals surface area contributed by atoms with Crippen LogP contribution in [0.15, 0.2) is 24.3 Å². The SMILES string of the molecule is CN1CCS(=O)(=O)C(c2ccc(N)cc2)C1. The maximum Gasteiger partial charge on any atom is 0.159 e. The fourth-order valence-corrected chi connectivity index (χ4v) is 3.84. The van der Waals surface area contributed by atoms with Crippen LogP contribution in [-0.4, -0.2) is 39.2 Å². The number of hydrogen-bond donors (Lipinski definition) is 1. The summed E-state index contributed by atoms with van der Waals surface area (Å²) in [7, 11) is -1.06. The lowest BCUT2D eigenvalue weighted by Gasteiger charge is -2.29. The number of hydrogen-bond acceptors (Lipinski definition) is 4. The number of benzene rings is 1. The zero-order valence-electron chi connectivity index (χ0n) is 9.26. The van der Waals surface area contributed by atoms with Gasteiger partial charge in [0.25, 0.3) is 0 Å². The molecule has 0 bridgehead atoms. The highest BCUT2D eigenvalue weighted by molar-refractivity contribution is 7.91. The second kappa shape index (κ2) is 4.07. The average molecular weight is 240 g/mol. The highest BCUT2D eigenvalue weighted by atomic mass is 32.2. The monoisotopic (exact) mass is 240 g/mol. The molecular weight excluding hydrogens is 224 g/mol. The molecule has 0 radical (unpaired) electrons.